The van der Waals surface area contributed by atoms with Gasteiger partial charge in [-0.05, 0) is 41.2 Å². The van der Waals surface area contributed by atoms with E-state index in [1.54, 1.807) is 6.20 Å². The van der Waals surface area contributed by atoms with Gasteiger partial charge in [-0.15, -0.1) is 0 Å². The van der Waals surface area contributed by atoms with E-state index < -0.39 is 0 Å². The van der Waals surface area contributed by atoms with Crippen LogP contribution in [0.3, 0.4) is 0 Å². The smallest absolute Gasteiger partial charge is 0.262 e. The van der Waals surface area contributed by atoms with Crippen molar-refractivity contribution < 1.29 is 4.74 Å². The minimum absolute atomic E-state index is 0.161. The molecule has 5 rings (SSSR count). The van der Waals surface area contributed by atoms with Crippen molar-refractivity contribution in [2.24, 2.45) is 0 Å². The highest BCUT2D eigenvalue weighted by Crippen LogP contribution is 2.27. The minimum atomic E-state index is -0.204. The van der Waals surface area contributed by atoms with Crippen molar-refractivity contribution in [2.45, 2.75) is 18.9 Å². The van der Waals surface area contributed by atoms with Gasteiger partial charge in [-0.3, -0.25) is 9.78 Å². The highest BCUT2D eigenvalue weighted by molar-refractivity contribution is 5.92. The normalized spacial score (nSPS) is 16.1. The van der Waals surface area contributed by atoms with Crippen LogP contribution in [0.5, 0.6) is 0 Å². The van der Waals surface area contributed by atoms with Gasteiger partial charge in [0.25, 0.3) is 5.56 Å². The van der Waals surface area contributed by atoms with E-state index in [0.29, 0.717) is 23.5 Å². The number of aromatic amines is 1. The topological polar surface area (TPSA) is 79.9 Å². The summed E-state index contributed by atoms with van der Waals surface area (Å²) in [6, 6.07) is 20.3. The van der Waals surface area contributed by atoms with Crippen LogP contribution in [-0.4, -0.2) is 34.2 Å². The van der Waals surface area contributed by atoms with Gasteiger partial charge in [0, 0.05) is 19.3 Å². The average Bonchev–Trinajstić information content (AvgIpc) is 3.32. The van der Waals surface area contributed by atoms with Gasteiger partial charge in [0.1, 0.15) is 0 Å². The second-order valence-corrected chi connectivity index (χ2v) is 7.43. The third kappa shape index (κ3) is 3.69. The Bertz CT molecular complexity index is 1210. The number of nitrogens with zero attached hydrogens (tertiary/aromatic N) is 2. The molecule has 1 atom stereocenters. The van der Waals surface area contributed by atoms with E-state index in [9.17, 15) is 4.79 Å². The maximum Gasteiger partial charge on any atom is 0.262 e. The molecule has 2 aromatic carbocycles. The zero-order valence-corrected chi connectivity index (χ0v) is 16.5. The van der Waals surface area contributed by atoms with E-state index in [0.717, 1.165) is 41.7 Å². The average molecular weight is 398 g/mol. The van der Waals surface area contributed by atoms with Gasteiger partial charge < -0.3 is 10.1 Å². The van der Waals surface area contributed by atoms with Crippen LogP contribution in [0.15, 0.2) is 71.7 Å². The van der Waals surface area contributed by atoms with Gasteiger partial charge in [0.05, 0.1) is 11.5 Å². The second-order valence-electron chi connectivity index (χ2n) is 7.43. The Hall–Kier alpha value is -3.51. The molecule has 0 saturated carbocycles. The van der Waals surface area contributed by atoms with Crippen LogP contribution in [0.1, 0.15) is 12.8 Å². The number of rotatable bonds is 5. The summed E-state index contributed by atoms with van der Waals surface area (Å²) in [7, 11) is 0. The zero-order valence-electron chi connectivity index (χ0n) is 16.5. The number of nitrogens with one attached hydrogen (secondary N) is 2. The van der Waals surface area contributed by atoms with E-state index in [-0.39, 0.29) is 11.7 Å². The summed E-state index contributed by atoms with van der Waals surface area (Å²) < 4.78 is 5.61. The van der Waals surface area contributed by atoms with Crippen molar-refractivity contribution in [3.05, 3.63) is 77.2 Å². The van der Waals surface area contributed by atoms with Crippen LogP contribution in [0.2, 0.25) is 0 Å². The van der Waals surface area contributed by atoms with Gasteiger partial charge in [-0.1, -0.05) is 54.6 Å². The lowest BCUT2D eigenvalue weighted by molar-refractivity contribution is 0.120. The first-order chi connectivity index (χ1) is 14.8. The van der Waals surface area contributed by atoms with Gasteiger partial charge in [-0.2, -0.15) is 4.98 Å². The Morgan fingerprint density at radius 1 is 1.00 bits per heavy atom. The van der Waals surface area contributed by atoms with Crippen molar-refractivity contribution in [2.75, 3.05) is 18.5 Å². The summed E-state index contributed by atoms with van der Waals surface area (Å²) in [5.74, 6) is 0.423. The number of anilines is 1. The Morgan fingerprint density at radius 3 is 2.53 bits per heavy atom. The van der Waals surface area contributed by atoms with Crippen LogP contribution in [0, 0.1) is 0 Å². The van der Waals surface area contributed by atoms with Crippen LogP contribution in [0.4, 0.5) is 5.95 Å². The fourth-order valence-electron chi connectivity index (χ4n) is 3.88. The molecule has 4 aromatic rings. The standard InChI is InChI=1S/C24H22N4O2/c29-23-21-20(18-10-8-17(9-11-18)16-5-2-1-3-6-16)12-13-25-22(21)27-24(28-23)26-15-19-7-4-14-30-19/h1-3,5-6,8-13,19H,4,7,14-15H2,(H2,25,26,27,28,29). The molecule has 0 radical (unpaired) electrons. The van der Waals surface area contributed by atoms with Crippen LogP contribution >= 0.6 is 0 Å². The van der Waals surface area contributed by atoms with Crippen molar-refractivity contribution in [1.29, 1.82) is 0 Å². The van der Waals surface area contributed by atoms with E-state index in [1.807, 2.05) is 36.4 Å². The molecule has 3 heterocycles. The summed E-state index contributed by atoms with van der Waals surface area (Å²) in [4.78, 5) is 24.6. The highest BCUT2D eigenvalue weighted by atomic mass is 16.5. The highest BCUT2D eigenvalue weighted by Gasteiger charge is 2.16. The number of ether oxygens (including phenoxy) is 1. The maximum absolute atomic E-state index is 12.9. The van der Waals surface area contributed by atoms with Crippen LogP contribution < -0.4 is 10.9 Å². The number of hydrogen-bond donors (Lipinski definition) is 2. The van der Waals surface area contributed by atoms with E-state index in [4.69, 9.17) is 4.74 Å². The lowest BCUT2D eigenvalue weighted by atomic mass is 9.99. The van der Waals surface area contributed by atoms with Crippen molar-refractivity contribution >= 4 is 17.0 Å². The molecule has 1 fully saturated rings. The Labute approximate surface area is 174 Å². The predicted octanol–water partition coefficient (Wildman–Crippen LogP) is 4.24. The first kappa shape index (κ1) is 18.5. The van der Waals surface area contributed by atoms with E-state index in [1.165, 1.54) is 0 Å². The molecular weight excluding hydrogens is 376 g/mol. The maximum atomic E-state index is 12.9. The minimum Gasteiger partial charge on any atom is -0.376 e. The molecule has 2 N–H and O–H groups in total. The number of aromatic nitrogens is 3. The molecule has 6 heteroatoms. The molecule has 1 aliphatic heterocycles. The summed E-state index contributed by atoms with van der Waals surface area (Å²) in [5.41, 5.74) is 4.28. The Kier molecular flexibility index (Phi) is 4.99. The SMILES string of the molecule is O=c1[nH]c(NCC2CCCO2)nc2nccc(-c3ccc(-c4ccccc4)cc3)c12. The lowest BCUT2D eigenvalue weighted by Crippen LogP contribution is -2.22. The Morgan fingerprint density at radius 2 is 1.77 bits per heavy atom. The number of benzene rings is 2. The van der Waals surface area contributed by atoms with Crippen molar-refractivity contribution in [3.8, 4) is 22.3 Å². The van der Waals surface area contributed by atoms with Gasteiger partial charge in [0.2, 0.25) is 5.95 Å². The predicted molar refractivity (Wildman–Crippen MR) is 118 cm³/mol. The first-order valence-corrected chi connectivity index (χ1v) is 10.2. The molecule has 0 aliphatic carbocycles. The molecule has 0 amide bonds. The van der Waals surface area contributed by atoms with E-state index in [2.05, 4.69) is 44.5 Å². The molecule has 6 nitrogen and oxygen atoms in total. The monoisotopic (exact) mass is 398 g/mol. The van der Waals surface area contributed by atoms with Crippen LogP contribution in [0.25, 0.3) is 33.3 Å². The fourth-order valence-corrected chi connectivity index (χ4v) is 3.88. The molecule has 1 unspecified atom stereocenters. The molecule has 1 saturated heterocycles. The number of hydrogen-bond acceptors (Lipinski definition) is 5. The van der Waals surface area contributed by atoms with Gasteiger partial charge in [0.15, 0.2) is 5.65 Å². The number of H-pyrrole nitrogens is 1. The largest absolute Gasteiger partial charge is 0.376 e. The molecule has 2 aromatic heterocycles. The van der Waals surface area contributed by atoms with Crippen molar-refractivity contribution in [1.82, 2.24) is 15.0 Å². The number of pyridine rings is 1. The quantitative estimate of drug-likeness (QED) is 0.526. The fraction of sp³-hybridized carbons (Fsp3) is 0.208. The zero-order chi connectivity index (χ0) is 20.3. The second kappa shape index (κ2) is 8.08. The molecule has 0 bridgehead atoms. The van der Waals surface area contributed by atoms with E-state index >= 15 is 0 Å². The lowest BCUT2D eigenvalue weighted by Gasteiger charge is -2.12. The summed E-state index contributed by atoms with van der Waals surface area (Å²) >= 11 is 0. The first-order valence-electron chi connectivity index (χ1n) is 10.2. The summed E-state index contributed by atoms with van der Waals surface area (Å²) in [6.45, 7) is 1.41. The molecule has 30 heavy (non-hydrogen) atoms. The molecular formula is C24H22N4O2. The van der Waals surface area contributed by atoms with Gasteiger partial charge in [-0.25, -0.2) is 4.98 Å². The summed E-state index contributed by atoms with van der Waals surface area (Å²) in [6.07, 6.45) is 3.95. The number of fused-ring (bicyclic) bond motifs is 1. The van der Waals surface area contributed by atoms with Crippen LogP contribution in [-0.2, 0) is 4.74 Å². The third-order valence-electron chi connectivity index (χ3n) is 5.43. The molecule has 150 valence electrons. The molecule has 0 spiro atoms. The third-order valence-corrected chi connectivity index (χ3v) is 5.43. The summed E-state index contributed by atoms with van der Waals surface area (Å²) in [5, 5.41) is 3.67. The van der Waals surface area contributed by atoms with Crippen molar-refractivity contribution in [3.63, 3.8) is 0 Å². The molecule has 1 aliphatic rings. The van der Waals surface area contributed by atoms with Gasteiger partial charge >= 0.3 is 0 Å². The Balaban J connectivity index is 1.46.